The van der Waals surface area contributed by atoms with Crippen molar-refractivity contribution in [2.75, 3.05) is 7.05 Å². The zero-order chi connectivity index (χ0) is 18.5. The lowest BCUT2D eigenvalue weighted by atomic mass is 10.1. The molecule has 8 heteroatoms. The molecule has 5 nitrogen and oxygen atoms in total. The van der Waals surface area contributed by atoms with E-state index < -0.39 is 11.7 Å². The van der Waals surface area contributed by atoms with Crippen molar-refractivity contribution in [3.8, 4) is 0 Å². The number of alkyl halides is 3. The number of allylic oxidation sites excluding steroid dienone is 2. The summed E-state index contributed by atoms with van der Waals surface area (Å²) >= 11 is 0. The van der Waals surface area contributed by atoms with Crippen LogP contribution in [0.3, 0.4) is 0 Å². The number of halogens is 3. The molecule has 0 saturated heterocycles. The molecule has 2 heterocycles. The number of carbonyl (C=O) groups excluding carboxylic acids is 1. The molecule has 1 amide bonds. The van der Waals surface area contributed by atoms with Gasteiger partial charge in [0.2, 0.25) is 11.9 Å². The van der Waals surface area contributed by atoms with Crippen molar-refractivity contribution in [1.29, 1.82) is 0 Å². The number of guanidine groups is 1. The highest BCUT2D eigenvalue weighted by molar-refractivity contribution is 5.99. The Labute approximate surface area is 148 Å². The van der Waals surface area contributed by atoms with Gasteiger partial charge in [0.05, 0.1) is 11.3 Å². The SMILES string of the molecule is CN1C(NC(=O)C2CC2)=NN2C(c3ccc(C(F)(F)F)cc3)=CC=CC12. The summed E-state index contributed by atoms with van der Waals surface area (Å²) in [4.78, 5) is 13.8. The Bertz CT molecular complexity index is 822. The Hall–Kier alpha value is -2.77. The number of nitrogens with zero attached hydrogens (tertiary/aromatic N) is 3. The Kier molecular flexibility index (Phi) is 3.78. The third-order valence-electron chi connectivity index (χ3n) is 4.66. The van der Waals surface area contributed by atoms with Crippen LogP contribution in [0.15, 0.2) is 47.6 Å². The number of hydrazone groups is 1. The largest absolute Gasteiger partial charge is 0.416 e. The Morgan fingerprint density at radius 1 is 1.23 bits per heavy atom. The van der Waals surface area contributed by atoms with Crippen LogP contribution in [-0.4, -0.2) is 35.0 Å². The average molecular weight is 362 g/mol. The molecule has 1 unspecified atom stereocenters. The molecule has 0 spiro atoms. The van der Waals surface area contributed by atoms with Gasteiger partial charge in [-0.25, -0.2) is 5.01 Å². The molecule has 1 N–H and O–H groups in total. The van der Waals surface area contributed by atoms with Crippen molar-refractivity contribution in [3.05, 3.63) is 53.6 Å². The quantitative estimate of drug-likeness (QED) is 0.880. The van der Waals surface area contributed by atoms with E-state index >= 15 is 0 Å². The number of amides is 1. The molecule has 0 bridgehead atoms. The van der Waals surface area contributed by atoms with Gasteiger partial charge in [-0.05, 0) is 42.7 Å². The van der Waals surface area contributed by atoms with E-state index in [-0.39, 0.29) is 18.0 Å². The van der Waals surface area contributed by atoms with E-state index in [9.17, 15) is 18.0 Å². The summed E-state index contributed by atoms with van der Waals surface area (Å²) in [6.45, 7) is 0. The summed E-state index contributed by atoms with van der Waals surface area (Å²) < 4.78 is 38.3. The van der Waals surface area contributed by atoms with Crippen LogP contribution < -0.4 is 5.32 Å². The standard InChI is InChI=1S/C18H17F3N4O/c1-24-15-4-2-3-14(11-7-9-13(10-8-11)18(19,20)21)25(15)23-17(24)22-16(26)12-5-6-12/h2-4,7-10,12,15H,5-6H2,1H3,(H,22,23,26). The van der Waals surface area contributed by atoms with Gasteiger partial charge in [-0.3, -0.25) is 10.1 Å². The van der Waals surface area contributed by atoms with E-state index in [1.54, 1.807) is 11.1 Å². The zero-order valence-electron chi connectivity index (χ0n) is 14.0. The van der Waals surface area contributed by atoms with Gasteiger partial charge in [0.25, 0.3) is 0 Å². The van der Waals surface area contributed by atoms with Crippen LogP contribution in [0.5, 0.6) is 0 Å². The maximum absolute atomic E-state index is 12.8. The van der Waals surface area contributed by atoms with Crippen LogP contribution in [0.2, 0.25) is 0 Å². The summed E-state index contributed by atoms with van der Waals surface area (Å²) in [5, 5.41) is 9.01. The normalized spacial score (nSPS) is 22.1. The van der Waals surface area contributed by atoms with Crippen LogP contribution in [0, 0.1) is 5.92 Å². The Balaban J connectivity index is 1.59. The zero-order valence-corrected chi connectivity index (χ0v) is 14.0. The second-order valence-electron chi connectivity index (χ2n) is 6.57. The van der Waals surface area contributed by atoms with Crippen LogP contribution in [-0.2, 0) is 11.0 Å². The van der Waals surface area contributed by atoms with Gasteiger partial charge in [0.15, 0.2) is 0 Å². The maximum atomic E-state index is 12.8. The van der Waals surface area contributed by atoms with Gasteiger partial charge in [-0.2, -0.15) is 13.2 Å². The monoisotopic (exact) mass is 362 g/mol. The maximum Gasteiger partial charge on any atom is 0.416 e. The summed E-state index contributed by atoms with van der Waals surface area (Å²) in [5.74, 6) is 0.458. The molecule has 26 heavy (non-hydrogen) atoms. The molecule has 1 aromatic carbocycles. The molecule has 1 aromatic rings. The number of benzene rings is 1. The minimum Gasteiger partial charge on any atom is -0.318 e. The van der Waals surface area contributed by atoms with Crippen LogP contribution in [0.25, 0.3) is 5.70 Å². The van der Waals surface area contributed by atoms with Crippen molar-refractivity contribution in [3.63, 3.8) is 0 Å². The number of hydrogen-bond donors (Lipinski definition) is 1. The van der Waals surface area contributed by atoms with E-state index in [1.165, 1.54) is 12.1 Å². The lowest BCUT2D eigenvalue weighted by molar-refractivity contribution is -0.137. The van der Waals surface area contributed by atoms with Gasteiger partial charge in [0.1, 0.15) is 6.17 Å². The fraction of sp³-hybridized carbons (Fsp3) is 0.333. The van der Waals surface area contributed by atoms with Crippen molar-refractivity contribution < 1.29 is 18.0 Å². The van der Waals surface area contributed by atoms with Gasteiger partial charge in [-0.15, -0.1) is 5.10 Å². The predicted molar refractivity (Wildman–Crippen MR) is 90.3 cm³/mol. The lowest BCUT2D eigenvalue weighted by Gasteiger charge is -2.30. The first kappa shape index (κ1) is 16.7. The van der Waals surface area contributed by atoms with Crippen molar-refractivity contribution in [2.24, 2.45) is 11.0 Å². The number of hydrogen-bond acceptors (Lipinski definition) is 4. The van der Waals surface area contributed by atoms with E-state index in [1.807, 2.05) is 24.1 Å². The Morgan fingerprint density at radius 2 is 1.92 bits per heavy atom. The number of carbonyl (C=O) groups is 1. The third kappa shape index (κ3) is 2.95. The van der Waals surface area contributed by atoms with Gasteiger partial charge < -0.3 is 4.90 Å². The molecule has 1 atom stereocenters. The summed E-state index contributed by atoms with van der Waals surface area (Å²) in [6, 6.07) is 4.98. The highest BCUT2D eigenvalue weighted by atomic mass is 19.4. The van der Waals surface area contributed by atoms with Gasteiger partial charge in [-0.1, -0.05) is 18.2 Å². The molecule has 1 fully saturated rings. The summed E-state index contributed by atoms with van der Waals surface area (Å²) in [6.07, 6.45) is 2.74. The molecule has 2 aliphatic heterocycles. The third-order valence-corrected chi connectivity index (χ3v) is 4.66. The first-order chi connectivity index (χ1) is 12.3. The summed E-state index contributed by atoms with van der Waals surface area (Å²) in [5.41, 5.74) is 0.609. The number of rotatable bonds is 2. The number of fused-ring (bicyclic) bond motifs is 1. The molecule has 1 saturated carbocycles. The highest BCUT2D eigenvalue weighted by Gasteiger charge is 2.37. The topological polar surface area (TPSA) is 47.9 Å². The van der Waals surface area contributed by atoms with E-state index in [0.717, 1.165) is 25.0 Å². The average Bonchev–Trinajstić information content (AvgIpc) is 3.41. The Morgan fingerprint density at radius 3 is 2.54 bits per heavy atom. The second kappa shape index (κ2) is 5.89. The van der Waals surface area contributed by atoms with E-state index in [0.29, 0.717) is 17.2 Å². The smallest absolute Gasteiger partial charge is 0.318 e. The summed E-state index contributed by atoms with van der Waals surface area (Å²) in [7, 11) is 1.82. The fourth-order valence-corrected chi connectivity index (χ4v) is 2.98. The van der Waals surface area contributed by atoms with E-state index in [4.69, 9.17) is 0 Å². The predicted octanol–water partition coefficient (Wildman–Crippen LogP) is 2.99. The number of nitrogens with one attached hydrogen (secondary N) is 1. The first-order valence-corrected chi connectivity index (χ1v) is 8.32. The second-order valence-corrected chi connectivity index (χ2v) is 6.57. The molecule has 4 rings (SSSR count). The van der Waals surface area contributed by atoms with Gasteiger partial charge in [0, 0.05) is 13.0 Å². The molecule has 0 radical (unpaired) electrons. The molecule has 1 aliphatic carbocycles. The van der Waals surface area contributed by atoms with Crippen molar-refractivity contribution >= 4 is 17.6 Å². The van der Waals surface area contributed by atoms with Crippen LogP contribution in [0.4, 0.5) is 13.2 Å². The van der Waals surface area contributed by atoms with Gasteiger partial charge >= 0.3 is 6.18 Å². The molecule has 3 aliphatic rings. The van der Waals surface area contributed by atoms with Crippen molar-refractivity contribution in [1.82, 2.24) is 15.2 Å². The van der Waals surface area contributed by atoms with Crippen LogP contribution >= 0.6 is 0 Å². The lowest BCUT2D eigenvalue weighted by Crippen LogP contribution is -2.45. The minimum absolute atomic E-state index is 0.0421. The first-order valence-electron chi connectivity index (χ1n) is 8.32. The molecular formula is C18H17F3N4O. The molecule has 0 aromatic heterocycles. The molecular weight excluding hydrogens is 345 g/mol. The fourth-order valence-electron chi connectivity index (χ4n) is 2.98. The molecule has 136 valence electrons. The highest BCUT2D eigenvalue weighted by Crippen LogP contribution is 2.34. The van der Waals surface area contributed by atoms with Crippen molar-refractivity contribution in [2.45, 2.75) is 25.2 Å². The number of likely N-dealkylation sites (N-methyl/N-ethyl adjacent to an activating group) is 1. The van der Waals surface area contributed by atoms with Crippen LogP contribution in [0.1, 0.15) is 24.0 Å². The minimum atomic E-state index is -4.37. The van der Waals surface area contributed by atoms with E-state index in [2.05, 4.69) is 10.4 Å².